The van der Waals surface area contributed by atoms with Gasteiger partial charge in [-0.1, -0.05) is 41.5 Å². The first-order valence-electron chi connectivity index (χ1n) is 12.4. The highest BCUT2D eigenvalue weighted by Crippen LogP contribution is 2.24. The Kier molecular flexibility index (Phi) is 8.73. The van der Waals surface area contributed by atoms with Crippen molar-refractivity contribution in [1.82, 2.24) is 9.88 Å². The van der Waals surface area contributed by atoms with Crippen LogP contribution in [0.1, 0.15) is 52.9 Å². The molecule has 1 aromatic heterocycles. The van der Waals surface area contributed by atoms with Gasteiger partial charge in [-0.25, -0.2) is 0 Å². The van der Waals surface area contributed by atoms with Crippen molar-refractivity contribution in [2.24, 2.45) is 0 Å². The molecule has 2 atom stereocenters. The molecule has 182 valence electrons. The van der Waals surface area contributed by atoms with E-state index in [0.717, 1.165) is 25.3 Å². The van der Waals surface area contributed by atoms with Crippen LogP contribution in [0.15, 0.2) is 48.7 Å². The molecule has 0 saturated heterocycles. The van der Waals surface area contributed by atoms with Crippen molar-refractivity contribution in [1.29, 1.82) is 0 Å². The molecule has 2 aromatic carbocycles. The van der Waals surface area contributed by atoms with E-state index in [0.29, 0.717) is 12.1 Å². The molecule has 0 bridgehead atoms. The second-order valence-electron chi connectivity index (χ2n) is 10.2. The summed E-state index contributed by atoms with van der Waals surface area (Å²) in [7, 11) is 0. The predicted molar refractivity (Wildman–Crippen MR) is 147 cm³/mol. The number of benzene rings is 2. The summed E-state index contributed by atoms with van der Waals surface area (Å²) in [6, 6.07) is 15.8. The van der Waals surface area contributed by atoms with E-state index in [2.05, 4.69) is 112 Å². The van der Waals surface area contributed by atoms with Gasteiger partial charge in [0.2, 0.25) is 0 Å². The quantitative estimate of drug-likeness (QED) is 0.353. The van der Waals surface area contributed by atoms with Crippen LogP contribution in [0.5, 0.6) is 0 Å². The molecule has 0 saturated carbocycles. The minimum atomic E-state index is 0.305. The van der Waals surface area contributed by atoms with Crippen molar-refractivity contribution in [2.45, 2.75) is 74.0 Å². The van der Waals surface area contributed by atoms with Crippen LogP contribution in [-0.2, 0) is 6.54 Å². The zero-order valence-corrected chi connectivity index (χ0v) is 22.3. The number of hydrogen-bond acceptors (Lipinski definition) is 4. The maximum atomic E-state index is 4.59. The van der Waals surface area contributed by atoms with Crippen LogP contribution in [0.4, 0.5) is 11.4 Å². The summed E-state index contributed by atoms with van der Waals surface area (Å²) in [5.41, 5.74) is 11.5. The molecule has 0 aliphatic heterocycles. The molecule has 3 rings (SSSR count). The van der Waals surface area contributed by atoms with E-state index in [1.807, 2.05) is 12.3 Å². The van der Waals surface area contributed by atoms with E-state index in [1.54, 1.807) is 0 Å². The average molecular weight is 459 g/mol. The Hall–Kier alpha value is -2.85. The summed E-state index contributed by atoms with van der Waals surface area (Å²) in [4.78, 5) is 7.10. The van der Waals surface area contributed by atoms with Gasteiger partial charge in [0, 0.05) is 49.3 Å². The average Bonchev–Trinajstić information content (AvgIpc) is 2.74. The molecular weight excluding hydrogens is 416 g/mol. The molecule has 0 aliphatic rings. The topological polar surface area (TPSA) is 40.2 Å². The predicted octanol–water partition coefficient (Wildman–Crippen LogP) is 6.74. The standard InChI is InChI=1S/C30H42N4/c1-20-13-22(3)29(23(4)14-20)32-26(7)17-34(19-28-11-9-10-12-31-28)18-27(8)33-30-24(5)15-21(2)16-25(30)6/h9-16,26-27,32-33H,17-19H2,1-8H3. The first kappa shape index (κ1) is 25.8. The van der Waals surface area contributed by atoms with Crippen LogP contribution in [0.2, 0.25) is 0 Å². The number of nitrogens with one attached hydrogen (secondary N) is 2. The summed E-state index contributed by atoms with van der Waals surface area (Å²) in [5.74, 6) is 0. The van der Waals surface area contributed by atoms with Crippen LogP contribution >= 0.6 is 0 Å². The van der Waals surface area contributed by atoms with Crippen LogP contribution in [0.25, 0.3) is 0 Å². The Morgan fingerprint density at radius 3 is 1.53 bits per heavy atom. The highest BCUT2D eigenvalue weighted by Gasteiger charge is 2.17. The summed E-state index contributed by atoms with van der Waals surface area (Å²) in [5, 5.41) is 7.57. The lowest BCUT2D eigenvalue weighted by molar-refractivity contribution is 0.248. The number of nitrogens with zero attached hydrogens (tertiary/aromatic N) is 2. The van der Waals surface area contributed by atoms with Crippen molar-refractivity contribution in [3.63, 3.8) is 0 Å². The van der Waals surface area contributed by atoms with E-state index in [9.17, 15) is 0 Å². The molecule has 0 fully saturated rings. The smallest absolute Gasteiger partial charge is 0.0543 e. The molecule has 4 nitrogen and oxygen atoms in total. The zero-order valence-electron chi connectivity index (χ0n) is 22.3. The van der Waals surface area contributed by atoms with Gasteiger partial charge in [-0.05, 0) is 89.8 Å². The van der Waals surface area contributed by atoms with Crippen LogP contribution in [0.3, 0.4) is 0 Å². The number of aromatic nitrogens is 1. The molecule has 0 spiro atoms. The molecule has 0 aliphatic carbocycles. The highest BCUT2D eigenvalue weighted by atomic mass is 15.2. The lowest BCUT2D eigenvalue weighted by atomic mass is 10.0. The molecule has 0 amide bonds. The third-order valence-electron chi connectivity index (χ3n) is 6.31. The summed E-state index contributed by atoms with van der Waals surface area (Å²) in [6.45, 7) is 20.3. The van der Waals surface area contributed by atoms with Gasteiger partial charge < -0.3 is 10.6 Å². The summed E-state index contributed by atoms with van der Waals surface area (Å²) >= 11 is 0. The van der Waals surface area contributed by atoms with Crippen LogP contribution in [0, 0.1) is 41.5 Å². The molecule has 0 radical (unpaired) electrons. The Bertz CT molecular complexity index is 977. The second kappa shape index (κ2) is 11.5. The minimum Gasteiger partial charge on any atom is -0.381 e. The molecule has 4 heteroatoms. The number of anilines is 2. The molecule has 1 heterocycles. The highest BCUT2D eigenvalue weighted by molar-refractivity contribution is 5.59. The van der Waals surface area contributed by atoms with Gasteiger partial charge in [-0.3, -0.25) is 9.88 Å². The largest absolute Gasteiger partial charge is 0.381 e. The lowest BCUT2D eigenvalue weighted by Crippen LogP contribution is -2.41. The van der Waals surface area contributed by atoms with E-state index < -0.39 is 0 Å². The first-order valence-corrected chi connectivity index (χ1v) is 12.4. The number of aryl methyl sites for hydroxylation is 6. The van der Waals surface area contributed by atoms with Crippen molar-refractivity contribution in [3.8, 4) is 0 Å². The third-order valence-corrected chi connectivity index (χ3v) is 6.31. The first-order chi connectivity index (χ1) is 16.1. The van der Waals surface area contributed by atoms with E-state index in [4.69, 9.17) is 0 Å². The van der Waals surface area contributed by atoms with Gasteiger partial charge in [-0.2, -0.15) is 0 Å². The Morgan fingerprint density at radius 2 is 1.15 bits per heavy atom. The Morgan fingerprint density at radius 1 is 0.706 bits per heavy atom. The van der Waals surface area contributed by atoms with Gasteiger partial charge in [0.25, 0.3) is 0 Å². The summed E-state index contributed by atoms with van der Waals surface area (Å²) in [6.07, 6.45) is 1.88. The number of pyridine rings is 1. The van der Waals surface area contributed by atoms with Crippen molar-refractivity contribution < 1.29 is 0 Å². The van der Waals surface area contributed by atoms with Gasteiger partial charge >= 0.3 is 0 Å². The Labute approximate surface area is 206 Å². The van der Waals surface area contributed by atoms with Crippen molar-refractivity contribution >= 4 is 11.4 Å². The fraction of sp³-hybridized carbons (Fsp3) is 0.433. The normalized spacial score (nSPS) is 13.1. The second-order valence-corrected chi connectivity index (χ2v) is 10.2. The molecule has 34 heavy (non-hydrogen) atoms. The maximum Gasteiger partial charge on any atom is 0.0543 e. The van der Waals surface area contributed by atoms with Crippen molar-refractivity contribution in [2.75, 3.05) is 23.7 Å². The SMILES string of the molecule is Cc1cc(C)c(NC(C)CN(Cc2ccccn2)CC(C)Nc2c(C)cc(C)cc2C)c(C)c1. The van der Waals surface area contributed by atoms with E-state index >= 15 is 0 Å². The lowest BCUT2D eigenvalue weighted by Gasteiger charge is -2.31. The van der Waals surface area contributed by atoms with E-state index in [-0.39, 0.29) is 0 Å². The number of hydrogen-bond donors (Lipinski definition) is 2. The van der Waals surface area contributed by atoms with Crippen LogP contribution < -0.4 is 10.6 Å². The minimum absolute atomic E-state index is 0.305. The van der Waals surface area contributed by atoms with Gasteiger partial charge in [-0.15, -0.1) is 0 Å². The summed E-state index contributed by atoms with van der Waals surface area (Å²) < 4.78 is 0. The Balaban J connectivity index is 1.73. The van der Waals surface area contributed by atoms with Crippen molar-refractivity contribution in [3.05, 3.63) is 87.7 Å². The fourth-order valence-corrected chi connectivity index (χ4v) is 5.10. The molecule has 2 N–H and O–H groups in total. The molecular formula is C30H42N4. The maximum absolute atomic E-state index is 4.59. The van der Waals surface area contributed by atoms with Crippen LogP contribution in [-0.4, -0.2) is 35.1 Å². The van der Waals surface area contributed by atoms with E-state index in [1.165, 1.54) is 44.8 Å². The van der Waals surface area contributed by atoms with Gasteiger partial charge in [0.05, 0.1) is 5.69 Å². The third kappa shape index (κ3) is 7.07. The molecule has 2 unspecified atom stereocenters. The fourth-order valence-electron chi connectivity index (χ4n) is 5.10. The zero-order chi connectivity index (χ0) is 24.8. The molecule has 3 aromatic rings. The van der Waals surface area contributed by atoms with Gasteiger partial charge in [0.1, 0.15) is 0 Å². The number of rotatable bonds is 10. The van der Waals surface area contributed by atoms with Gasteiger partial charge in [0.15, 0.2) is 0 Å². The monoisotopic (exact) mass is 458 g/mol.